The Morgan fingerprint density at radius 2 is 2.67 bits per heavy atom. The minimum Gasteiger partial charge on any atom is -0.314 e. The van der Waals surface area contributed by atoms with Gasteiger partial charge in [0.2, 0.25) is 0 Å². The Labute approximate surface area is 72.8 Å². The molecule has 3 nitrogen and oxygen atoms in total. The summed E-state index contributed by atoms with van der Waals surface area (Å²) in [5.74, 6) is 0. The van der Waals surface area contributed by atoms with Gasteiger partial charge in [-0.15, -0.1) is 0 Å². The molecule has 1 N–H and O–H groups in total. The summed E-state index contributed by atoms with van der Waals surface area (Å²) in [5.41, 5.74) is 1.33. The van der Waals surface area contributed by atoms with Crippen molar-refractivity contribution in [2.75, 3.05) is 6.54 Å². The van der Waals surface area contributed by atoms with E-state index < -0.39 is 0 Å². The van der Waals surface area contributed by atoms with Crippen molar-refractivity contribution in [2.24, 2.45) is 7.05 Å². The topological polar surface area (TPSA) is 29.9 Å². The Kier molecular flexibility index (Phi) is 2.13. The minimum atomic E-state index is 0.681. The van der Waals surface area contributed by atoms with Gasteiger partial charge in [-0.25, -0.2) is 0 Å². The smallest absolute Gasteiger partial charge is 0.0492 e. The van der Waals surface area contributed by atoms with E-state index in [0.717, 1.165) is 6.42 Å². The Morgan fingerprint density at radius 3 is 3.25 bits per heavy atom. The summed E-state index contributed by atoms with van der Waals surface area (Å²) in [5, 5.41) is 7.63. The lowest BCUT2D eigenvalue weighted by Crippen LogP contribution is -2.24. The van der Waals surface area contributed by atoms with Crippen molar-refractivity contribution in [3.8, 4) is 0 Å². The van der Waals surface area contributed by atoms with Gasteiger partial charge in [0.05, 0.1) is 0 Å². The maximum Gasteiger partial charge on any atom is 0.0492 e. The van der Waals surface area contributed by atoms with Gasteiger partial charge in [0.25, 0.3) is 0 Å². The lowest BCUT2D eigenvalue weighted by molar-refractivity contribution is 0.570. The Balaban J connectivity index is 1.98. The molecular formula is C9H15N3. The lowest BCUT2D eigenvalue weighted by Gasteiger charge is -2.09. The molecule has 2 heterocycles. The Morgan fingerprint density at radius 1 is 1.75 bits per heavy atom. The zero-order valence-corrected chi connectivity index (χ0v) is 7.45. The number of nitrogens with zero attached hydrogens (tertiary/aromatic N) is 2. The van der Waals surface area contributed by atoms with E-state index in [4.69, 9.17) is 0 Å². The van der Waals surface area contributed by atoms with Crippen LogP contribution in [0.4, 0.5) is 0 Å². The third kappa shape index (κ3) is 1.50. The first-order valence-electron chi connectivity index (χ1n) is 4.56. The maximum atomic E-state index is 4.15. The first kappa shape index (κ1) is 7.80. The summed E-state index contributed by atoms with van der Waals surface area (Å²) in [4.78, 5) is 0. The van der Waals surface area contributed by atoms with Gasteiger partial charge in [0, 0.05) is 31.4 Å². The van der Waals surface area contributed by atoms with Gasteiger partial charge < -0.3 is 5.32 Å². The SMILES string of the molecule is Cn1nccc1C[C@H]1CCCN1. The molecule has 0 unspecified atom stereocenters. The summed E-state index contributed by atoms with van der Waals surface area (Å²) in [7, 11) is 2.00. The van der Waals surface area contributed by atoms with Crippen molar-refractivity contribution in [1.82, 2.24) is 15.1 Å². The highest BCUT2D eigenvalue weighted by Gasteiger charge is 2.15. The van der Waals surface area contributed by atoms with Crippen LogP contribution in [0.5, 0.6) is 0 Å². The van der Waals surface area contributed by atoms with E-state index in [2.05, 4.69) is 16.5 Å². The lowest BCUT2D eigenvalue weighted by atomic mass is 10.1. The van der Waals surface area contributed by atoms with E-state index in [1.807, 2.05) is 17.9 Å². The average Bonchev–Trinajstić information content (AvgIpc) is 2.65. The van der Waals surface area contributed by atoms with E-state index in [9.17, 15) is 0 Å². The highest BCUT2D eigenvalue weighted by atomic mass is 15.3. The van der Waals surface area contributed by atoms with Gasteiger partial charge >= 0.3 is 0 Å². The number of hydrogen-bond acceptors (Lipinski definition) is 2. The maximum absolute atomic E-state index is 4.15. The van der Waals surface area contributed by atoms with Crippen molar-refractivity contribution < 1.29 is 0 Å². The van der Waals surface area contributed by atoms with Gasteiger partial charge in [-0.05, 0) is 25.5 Å². The molecule has 2 rings (SSSR count). The van der Waals surface area contributed by atoms with E-state index in [1.165, 1.54) is 25.1 Å². The first-order valence-corrected chi connectivity index (χ1v) is 4.56. The van der Waals surface area contributed by atoms with Crippen LogP contribution in [0.3, 0.4) is 0 Å². The van der Waals surface area contributed by atoms with Gasteiger partial charge in [0.1, 0.15) is 0 Å². The van der Waals surface area contributed by atoms with Crippen LogP contribution in [0.15, 0.2) is 12.3 Å². The molecule has 1 fully saturated rings. The van der Waals surface area contributed by atoms with Gasteiger partial charge in [-0.1, -0.05) is 0 Å². The monoisotopic (exact) mass is 165 g/mol. The molecule has 0 saturated carbocycles. The first-order chi connectivity index (χ1) is 5.86. The van der Waals surface area contributed by atoms with Crippen LogP contribution in [0, 0.1) is 0 Å². The third-order valence-corrected chi connectivity index (χ3v) is 2.54. The molecule has 0 spiro atoms. The molecule has 1 aliphatic rings. The summed E-state index contributed by atoms with van der Waals surface area (Å²) in [6, 6.07) is 2.78. The zero-order chi connectivity index (χ0) is 8.39. The molecular weight excluding hydrogens is 150 g/mol. The van der Waals surface area contributed by atoms with Crippen LogP contribution in [-0.4, -0.2) is 22.4 Å². The average molecular weight is 165 g/mol. The normalized spacial score (nSPS) is 23.2. The molecule has 1 atom stereocenters. The van der Waals surface area contributed by atoms with Crippen LogP contribution in [-0.2, 0) is 13.5 Å². The van der Waals surface area contributed by atoms with Crippen LogP contribution >= 0.6 is 0 Å². The predicted molar refractivity (Wildman–Crippen MR) is 47.9 cm³/mol. The van der Waals surface area contributed by atoms with Crippen molar-refractivity contribution in [2.45, 2.75) is 25.3 Å². The molecule has 1 aliphatic heterocycles. The fraction of sp³-hybridized carbons (Fsp3) is 0.667. The fourth-order valence-electron chi connectivity index (χ4n) is 1.78. The molecule has 0 aliphatic carbocycles. The number of aryl methyl sites for hydroxylation is 1. The van der Waals surface area contributed by atoms with Gasteiger partial charge in [-0.3, -0.25) is 4.68 Å². The molecule has 3 heteroatoms. The van der Waals surface area contributed by atoms with E-state index >= 15 is 0 Å². The number of nitrogens with one attached hydrogen (secondary N) is 1. The van der Waals surface area contributed by atoms with Crippen molar-refractivity contribution in [3.05, 3.63) is 18.0 Å². The van der Waals surface area contributed by atoms with E-state index in [1.54, 1.807) is 0 Å². The molecule has 0 bridgehead atoms. The second-order valence-electron chi connectivity index (χ2n) is 3.44. The van der Waals surface area contributed by atoms with Crippen molar-refractivity contribution in [3.63, 3.8) is 0 Å². The molecule has 0 aromatic carbocycles. The predicted octanol–water partition coefficient (Wildman–Crippen LogP) is 0.715. The molecule has 1 aromatic heterocycles. The summed E-state index contributed by atoms with van der Waals surface area (Å²) < 4.78 is 1.96. The van der Waals surface area contributed by atoms with Crippen LogP contribution in [0.1, 0.15) is 18.5 Å². The number of rotatable bonds is 2. The summed E-state index contributed by atoms with van der Waals surface area (Å²) in [6.07, 6.45) is 5.62. The molecule has 0 amide bonds. The highest BCUT2D eigenvalue weighted by Crippen LogP contribution is 2.10. The molecule has 1 aromatic rings. The Hall–Kier alpha value is -0.830. The quantitative estimate of drug-likeness (QED) is 0.699. The number of aromatic nitrogens is 2. The van der Waals surface area contributed by atoms with Gasteiger partial charge in [-0.2, -0.15) is 5.10 Å². The van der Waals surface area contributed by atoms with E-state index in [0.29, 0.717) is 6.04 Å². The molecule has 66 valence electrons. The zero-order valence-electron chi connectivity index (χ0n) is 7.45. The summed E-state index contributed by atoms with van der Waals surface area (Å²) in [6.45, 7) is 1.18. The molecule has 12 heavy (non-hydrogen) atoms. The highest BCUT2D eigenvalue weighted by molar-refractivity contribution is 5.03. The second kappa shape index (κ2) is 3.27. The Bertz CT molecular complexity index is 248. The van der Waals surface area contributed by atoms with Crippen molar-refractivity contribution >= 4 is 0 Å². The van der Waals surface area contributed by atoms with Crippen LogP contribution in [0.2, 0.25) is 0 Å². The molecule has 1 saturated heterocycles. The second-order valence-corrected chi connectivity index (χ2v) is 3.44. The largest absolute Gasteiger partial charge is 0.314 e. The minimum absolute atomic E-state index is 0.681. The summed E-state index contributed by atoms with van der Waals surface area (Å²) >= 11 is 0. The number of hydrogen-bond donors (Lipinski definition) is 1. The van der Waals surface area contributed by atoms with Gasteiger partial charge in [0.15, 0.2) is 0 Å². The third-order valence-electron chi connectivity index (χ3n) is 2.54. The van der Waals surface area contributed by atoms with E-state index in [-0.39, 0.29) is 0 Å². The van der Waals surface area contributed by atoms with Crippen LogP contribution < -0.4 is 5.32 Å². The van der Waals surface area contributed by atoms with Crippen LogP contribution in [0.25, 0.3) is 0 Å². The standard InChI is InChI=1S/C9H15N3/c1-12-9(4-6-11-12)7-8-3-2-5-10-8/h4,6,8,10H,2-3,5,7H2,1H3/t8-/m1/s1. The van der Waals surface area contributed by atoms with Crippen molar-refractivity contribution in [1.29, 1.82) is 0 Å². The fourth-order valence-corrected chi connectivity index (χ4v) is 1.78. The molecule has 0 radical (unpaired) electrons.